The molecule has 2 aromatic carbocycles. The van der Waals surface area contributed by atoms with E-state index in [9.17, 15) is 0 Å². The third-order valence-corrected chi connectivity index (χ3v) is 12.6. The number of hydrogen-bond acceptors (Lipinski definition) is 3. The molecule has 0 saturated heterocycles. The van der Waals surface area contributed by atoms with Crippen molar-refractivity contribution in [2.24, 2.45) is 27.7 Å². The van der Waals surface area contributed by atoms with Crippen molar-refractivity contribution < 1.29 is 98.1 Å². The molecule has 0 spiro atoms. The van der Waals surface area contributed by atoms with Crippen LogP contribution in [-0.4, -0.2) is 17.4 Å². The maximum Gasteiger partial charge on any atom is 0.0464 e. The minimum absolute atomic E-state index is 0. The number of pyridine rings is 1. The summed E-state index contributed by atoms with van der Waals surface area (Å²) in [4.78, 5) is 12.6. The topological polar surface area (TPSA) is 37.6 Å². The average Bonchev–Trinajstić information content (AvgIpc) is 3.23. The van der Waals surface area contributed by atoms with Crippen molar-refractivity contribution in [1.29, 1.82) is 0 Å². The molecular weight excluding hydrogens is 1090 g/mol. The Morgan fingerprint density at radius 2 is 0.817 bits per heavy atom. The van der Waals surface area contributed by atoms with Crippen LogP contribution in [0.2, 0.25) is 0 Å². The Labute approximate surface area is 518 Å². The number of allylic oxidation sites excluding steroid dienone is 8. The number of aliphatic imine (C=N–C) groups is 2. The fraction of sp³-hybridized carbons (Fsp3) is 0.585. The molecule has 0 N–H and O–H groups in total. The number of hydrogen-bond donors (Lipinski definition) is 0. The predicted molar refractivity (Wildman–Crippen MR) is 307 cm³/mol. The Kier molecular flexibility index (Phi) is 48.6. The van der Waals surface area contributed by atoms with Crippen LogP contribution in [-0.2, 0) is 98.1 Å². The maximum absolute atomic E-state index is 4.63. The number of nitrogens with zero attached hydrogens (tertiary/aromatic N) is 3. The van der Waals surface area contributed by atoms with Crippen molar-refractivity contribution in [2.45, 2.75) is 239 Å². The molecule has 0 aliphatic carbocycles. The molecule has 6 heteroatoms. The first kappa shape index (κ1) is 81.6. The normalized spacial score (nSPS) is 11.7. The Bertz CT molecular complexity index is 2160. The molecule has 0 atom stereocenters. The molecular formula is C65H103N3Y3-6. The molecule has 0 unspecified atom stereocenters. The average molecular weight is 1190 g/mol. The minimum Gasteiger partial charge on any atom is -0.584 e. The van der Waals surface area contributed by atoms with Gasteiger partial charge in [-0.15, -0.1) is 47.5 Å². The first-order valence-electron chi connectivity index (χ1n) is 25.3. The number of rotatable bonds is 9. The smallest absolute Gasteiger partial charge is 0.0464 e. The molecule has 0 aliphatic rings. The van der Waals surface area contributed by atoms with E-state index < -0.39 is 0 Å². The number of aryl methyl sites for hydroxylation is 3. The van der Waals surface area contributed by atoms with Gasteiger partial charge in [-0.3, -0.25) is 4.98 Å². The molecule has 0 amide bonds. The monoisotopic (exact) mass is 1190 g/mol. The second-order valence-corrected chi connectivity index (χ2v) is 20.4. The second-order valence-electron chi connectivity index (χ2n) is 20.4. The maximum atomic E-state index is 4.63. The van der Waals surface area contributed by atoms with E-state index in [1.165, 1.54) is 94.9 Å². The minimum atomic E-state index is 0. The Morgan fingerprint density at radius 1 is 0.408 bits per heavy atom. The van der Waals surface area contributed by atoms with Crippen molar-refractivity contribution in [2.75, 3.05) is 0 Å². The second kappa shape index (κ2) is 42.3. The summed E-state index contributed by atoms with van der Waals surface area (Å²) in [5.41, 5.74) is 27.0. The quantitative estimate of drug-likeness (QED) is 0.120. The standard InChI is InChI=1S/C14H22.C13H20.C12H19N.C10H16.2C8H13N.3Y/c1-8(2)14-12(6)10(4)9(3)11(5)13(14)7;1-8(2)13-10(4)7-9(3)11(5)12(13)6;1-7(2)12-10(5)8(3)9(4)11(6)13-12;1-6-9(4)10(5)7-8(2)3;1-5-9-8(4)6-7(2)3;1-5-8(4)9-6-7(2)3;;;/h8H,1-7H3;7-8H,1-6H3;7H,1-6H3;8H,1-5H3;2*7H,1-4H3;;;/q;;;3*-2;;;. The molecule has 3 nitrogen and oxygen atoms in total. The van der Waals surface area contributed by atoms with Crippen LogP contribution >= 0.6 is 0 Å². The van der Waals surface area contributed by atoms with Gasteiger partial charge >= 0.3 is 0 Å². The SMILES string of the molecule is C[C-]=C(C)C(C)=[C-]C(C)C.C[C-]=C(C)N=[C-]C(C)C.C[C-]=NC(C)=[C-]C(C)C.Cc1c(C)c(C)c(C(C)C)c(C)c1C.Cc1cc(C)c(C(C)C)c(C)c1C.Cc1nc(C(C)C)c(C)c(C)c1C.[Y].[Y].[Y]. The van der Waals surface area contributed by atoms with Gasteiger partial charge in [0.25, 0.3) is 0 Å². The van der Waals surface area contributed by atoms with Gasteiger partial charge in [0.1, 0.15) is 0 Å². The summed E-state index contributed by atoms with van der Waals surface area (Å²) in [5.74, 6) is 3.18. The summed E-state index contributed by atoms with van der Waals surface area (Å²) in [6.45, 7) is 68.2. The Morgan fingerprint density at radius 3 is 1.17 bits per heavy atom. The van der Waals surface area contributed by atoms with Crippen LogP contribution in [0.4, 0.5) is 0 Å². The molecule has 3 rings (SSSR count). The van der Waals surface area contributed by atoms with Crippen LogP contribution in [0.5, 0.6) is 0 Å². The van der Waals surface area contributed by atoms with Crippen molar-refractivity contribution >= 4 is 12.4 Å². The molecule has 3 aromatic rings. The van der Waals surface area contributed by atoms with Crippen LogP contribution in [0, 0.1) is 132 Å². The third kappa shape index (κ3) is 31.8. The Balaban J connectivity index is -0.000000179. The van der Waals surface area contributed by atoms with Gasteiger partial charge < -0.3 is 56.8 Å². The number of benzene rings is 2. The zero-order chi connectivity index (χ0) is 54.1. The van der Waals surface area contributed by atoms with Crippen LogP contribution in [0.3, 0.4) is 0 Å². The van der Waals surface area contributed by atoms with E-state index in [1.54, 1.807) is 12.5 Å². The van der Waals surface area contributed by atoms with E-state index in [0.29, 0.717) is 35.5 Å². The molecule has 0 aliphatic heterocycles. The van der Waals surface area contributed by atoms with Crippen LogP contribution in [0.1, 0.15) is 239 Å². The fourth-order valence-corrected chi connectivity index (χ4v) is 7.87. The summed E-state index contributed by atoms with van der Waals surface area (Å²) < 4.78 is 0. The van der Waals surface area contributed by atoms with Crippen molar-refractivity contribution in [3.63, 3.8) is 0 Å². The van der Waals surface area contributed by atoms with Crippen molar-refractivity contribution in [3.8, 4) is 0 Å². The molecule has 71 heavy (non-hydrogen) atoms. The zero-order valence-corrected chi connectivity index (χ0v) is 60.6. The van der Waals surface area contributed by atoms with E-state index in [4.69, 9.17) is 0 Å². The zero-order valence-electron chi connectivity index (χ0n) is 52.1. The van der Waals surface area contributed by atoms with Crippen LogP contribution in [0.25, 0.3) is 0 Å². The van der Waals surface area contributed by atoms with Gasteiger partial charge in [0.15, 0.2) is 0 Å². The van der Waals surface area contributed by atoms with E-state index in [2.05, 4.69) is 231 Å². The molecule has 1 heterocycles. The van der Waals surface area contributed by atoms with Crippen LogP contribution < -0.4 is 0 Å². The van der Waals surface area contributed by atoms with Gasteiger partial charge in [0.05, 0.1) is 0 Å². The van der Waals surface area contributed by atoms with E-state index >= 15 is 0 Å². The van der Waals surface area contributed by atoms with E-state index in [0.717, 1.165) is 11.4 Å². The largest absolute Gasteiger partial charge is 0.584 e. The van der Waals surface area contributed by atoms with E-state index in [-0.39, 0.29) is 98.1 Å². The van der Waals surface area contributed by atoms with Gasteiger partial charge in [-0.05, 0) is 186 Å². The van der Waals surface area contributed by atoms with Gasteiger partial charge in [0, 0.05) is 110 Å². The molecule has 1 aromatic heterocycles. The number of aromatic nitrogens is 1. The van der Waals surface area contributed by atoms with Gasteiger partial charge in [-0.25, -0.2) is 6.92 Å². The summed E-state index contributed by atoms with van der Waals surface area (Å²) in [6, 6.07) is 2.30. The first-order valence-corrected chi connectivity index (χ1v) is 25.3. The summed E-state index contributed by atoms with van der Waals surface area (Å²) in [6.07, 6.45) is 18.1. The molecule has 0 fully saturated rings. The predicted octanol–water partition coefficient (Wildman–Crippen LogP) is 19.6. The van der Waals surface area contributed by atoms with Crippen molar-refractivity contribution in [1.82, 2.24) is 4.98 Å². The first-order chi connectivity index (χ1) is 31.2. The molecule has 3 radical (unpaired) electrons. The van der Waals surface area contributed by atoms with Crippen molar-refractivity contribution in [3.05, 3.63) is 142 Å². The molecule has 0 bridgehead atoms. The Hall–Kier alpha value is -0.798. The fourth-order valence-electron chi connectivity index (χ4n) is 7.87. The van der Waals surface area contributed by atoms with E-state index in [1.807, 2.05) is 41.5 Å². The van der Waals surface area contributed by atoms with Gasteiger partial charge in [-0.1, -0.05) is 95.1 Å². The molecule has 0 saturated carbocycles. The summed E-state index contributed by atoms with van der Waals surface area (Å²) in [7, 11) is 0. The van der Waals surface area contributed by atoms with Crippen LogP contribution in [0.15, 0.2) is 38.6 Å². The third-order valence-electron chi connectivity index (χ3n) is 12.6. The van der Waals surface area contributed by atoms with Gasteiger partial charge in [-0.2, -0.15) is 18.3 Å². The molecule has 393 valence electrons. The summed E-state index contributed by atoms with van der Waals surface area (Å²) >= 11 is 0. The summed E-state index contributed by atoms with van der Waals surface area (Å²) in [5, 5.41) is 0. The van der Waals surface area contributed by atoms with Gasteiger partial charge in [0.2, 0.25) is 0 Å².